The molecule has 0 fully saturated rings. The average molecular weight is 486 g/mol. The molecule has 0 aliphatic carbocycles. The van der Waals surface area contributed by atoms with Gasteiger partial charge in [0.2, 0.25) is 0 Å². The smallest absolute Gasteiger partial charge is 0.261 e. The molecule has 1 aliphatic rings. The molecule has 0 radical (unpaired) electrons. The predicted octanol–water partition coefficient (Wildman–Crippen LogP) is 3.14. The third kappa shape index (κ3) is 3.76. The van der Waals surface area contributed by atoms with Crippen LogP contribution >= 0.6 is 0 Å². The number of hydrogen-bond donors (Lipinski definition) is 0. The SMILES string of the molecule is COc1ccc(CCn2ccc3c(cnc4nc(-c5ccc6c(c5)OCCO6)nn43)c2=O)cc1OC. The van der Waals surface area contributed by atoms with Gasteiger partial charge in [0.15, 0.2) is 28.8 Å². The first-order valence-electron chi connectivity index (χ1n) is 11.5. The minimum absolute atomic E-state index is 0.140. The van der Waals surface area contributed by atoms with Crippen LogP contribution < -0.4 is 24.5 Å². The molecule has 0 saturated carbocycles. The third-order valence-corrected chi connectivity index (χ3v) is 6.20. The van der Waals surface area contributed by atoms with Crippen molar-refractivity contribution < 1.29 is 18.9 Å². The highest BCUT2D eigenvalue weighted by Crippen LogP contribution is 2.33. The summed E-state index contributed by atoms with van der Waals surface area (Å²) < 4.78 is 25.2. The van der Waals surface area contributed by atoms with Gasteiger partial charge in [0.05, 0.1) is 25.1 Å². The fraction of sp³-hybridized carbons (Fsp3) is 0.231. The highest BCUT2D eigenvalue weighted by Gasteiger charge is 2.17. The lowest BCUT2D eigenvalue weighted by molar-refractivity contribution is 0.171. The van der Waals surface area contributed by atoms with Gasteiger partial charge in [-0.05, 0) is 48.4 Å². The lowest BCUT2D eigenvalue weighted by Crippen LogP contribution is -2.21. The molecular formula is C26H23N5O5. The Labute approximate surface area is 205 Å². The van der Waals surface area contributed by atoms with Crippen molar-refractivity contribution in [1.29, 1.82) is 0 Å². The van der Waals surface area contributed by atoms with Crippen LogP contribution in [0.1, 0.15) is 5.56 Å². The summed E-state index contributed by atoms with van der Waals surface area (Å²) >= 11 is 0. The monoisotopic (exact) mass is 485 g/mol. The quantitative estimate of drug-likeness (QED) is 0.362. The normalized spacial score (nSPS) is 12.7. The van der Waals surface area contributed by atoms with Gasteiger partial charge in [0.25, 0.3) is 11.3 Å². The minimum Gasteiger partial charge on any atom is -0.493 e. The van der Waals surface area contributed by atoms with E-state index in [4.69, 9.17) is 18.9 Å². The fourth-order valence-corrected chi connectivity index (χ4v) is 4.33. The number of aromatic nitrogens is 5. The number of fused-ring (bicyclic) bond motifs is 4. The minimum atomic E-state index is -0.140. The molecule has 0 atom stereocenters. The van der Waals surface area contributed by atoms with E-state index in [1.807, 2.05) is 42.5 Å². The van der Waals surface area contributed by atoms with Crippen LogP contribution in [-0.4, -0.2) is 51.6 Å². The van der Waals surface area contributed by atoms with E-state index in [-0.39, 0.29) is 5.56 Å². The molecule has 10 nitrogen and oxygen atoms in total. The molecule has 0 saturated heterocycles. The molecule has 5 aromatic rings. The van der Waals surface area contributed by atoms with Gasteiger partial charge in [0, 0.05) is 24.5 Å². The Kier molecular flexibility index (Phi) is 5.40. The Balaban J connectivity index is 1.31. The van der Waals surface area contributed by atoms with Gasteiger partial charge >= 0.3 is 0 Å². The summed E-state index contributed by atoms with van der Waals surface area (Å²) in [5, 5.41) is 5.10. The molecule has 4 heterocycles. The van der Waals surface area contributed by atoms with Crippen molar-refractivity contribution in [3.05, 3.63) is 70.8 Å². The van der Waals surface area contributed by atoms with Crippen LogP contribution in [-0.2, 0) is 13.0 Å². The summed E-state index contributed by atoms with van der Waals surface area (Å²) in [6.07, 6.45) is 3.98. The summed E-state index contributed by atoms with van der Waals surface area (Å²) in [5.41, 5.74) is 2.32. The molecule has 182 valence electrons. The van der Waals surface area contributed by atoms with Gasteiger partial charge < -0.3 is 23.5 Å². The lowest BCUT2D eigenvalue weighted by Gasteiger charge is -2.18. The van der Waals surface area contributed by atoms with E-state index in [2.05, 4.69) is 15.1 Å². The Morgan fingerprint density at radius 3 is 2.64 bits per heavy atom. The van der Waals surface area contributed by atoms with Crippen molar-refractivity contribution in [3.8, 4) is 34.4 Å². The van der Waals surface area contributed by atoms with Crippen LogP contribution in [0.2, 0.25) is 0 Å². The highest BCUT2D eigenvalue weighted by molar-refractivity contribution is 5.79. The second kappa shape index (κ2) is 8.88. The zero-order valence-corrected chi connectivity index (χ0v) is 19.8. The van der Waals surface area contributed by atoms with E-state index in [0.29, 0.717) is 71.7 Å². The van der Waals surface area contributed by atoms with Crippen LogP contribution in [0.3, 0.4) is 0 Å². The Bertz CT molecular complexity index is 1660. The van der Waals surface area contributed by atoms with Crippen LogP contribution in [0.5, 0.6) is 23.0 Å². The molecule has 1 aliphatic heterocycles. The van der Waals surface area contributed by atoms with Crippen molar-refractivity contribution in [2.45, 2.75) is 13.0 Å². The second-order valence-electron chi connectivity index (χ2n) is 8.32. The van der Waals surface area contributed by atoms with Gasteiger partial charge in [-0.15, -0.1) is 5.10 Å². The van der Waals surface area contributed by atoms with Gasteiger partial charge in [-0.3, -0.25) is 4.79 Å². The van der Waals surface area contributed by atoms with Crippen molar-refractivity contribution in [1.82, 2.24) is 24.1 Å². The van der Waals surface area contributed by atoms with Crippen molar-refractivity contribution >= 4 is 16.7 Å². The molecule has 0 spiro atoms. The molecule has 0 amide bonds. The summed E-state index contributed by atoms with van der Waals surface area (Å²) in [6.45, 7) is 1.53. The topological polar surface area (TPSA) is 102 Å². The predicted molar refractivity (Wildman–Crippen MR) is 132 cm³/mol. The fourth-order valence-electron chi connectivity index (χ4n) is 4.33. The molecule has 36 heavy (non-hydrogen) atoms. The van der Waals surface area contributed by atoms with Gasteiger partial charge in [-0.1, -0.05) is 6.07 Å². The van der Waals surface area contributed by atoms with Gasteiger partial charge in [0.1, 0.15) is 13.2 Å². The number of pyridine rings is 1. The molecule has 3 aromatic heterocycles. The summed E-state index contributed by atoms with van der Waals surface area (Å²) in [5.74, 6) is 3.59. The first-order valence-corrected chi connectivity index (χ1v) is 11.5. The number of nitrogens with zero attached hydrogens (tertiary/aromatic N) is 5. The van der Waals surface area contributed by atoms with Crippen molar-refractivity contribution in [3.63, 3.8) is 0 Å². The highest BCUT2D eigenvalue weighted by atomic mass is 16.6. The molecule has 0 bridgehead atoms. The van der Waals surface area contributed by atoms with E-state index in [9.17, 15) is 4.79 Å². The van der Waals surface area contributed by atoms with Gasteiger partial charge in [-0.2, -0.15) is 9.50 Å². The van der Waals surface area contributed by atoms with Crippen LogP contribution in [0.25, 0.3) is 28.1 Å². The van der Waals surface area contributed by atoms with Crippen molar-refractivity contribution in [2.24, 2.45) is 0 Å². The zero-order chi connectivity index (χ0) is 24.6. The number of methoxy groups -OCH3 is 2. The number of hydrogen-bond acceptors (Lipinski definition) is 8. The first-order chi connectivity index (χ1) is 17.6. The number of aryl methyl sites for hydroxylation is 2. The largest absolute Gasteiger partial charge is 0.493 e. The Morgan fingerprint density at radius 1 is 0.972 bits per heavy atom. The molecule has 0 N–H and O–H groups in total. The first kappa shape index (κ1) is 21.9. The third-order valence-electron chi connectivity index (χ3n) is 6.20. The lowest BCUT2D eigenvalue weighted by atomic mass is 10.1. The summed E-state index contributed by atoms with van der Waals surface area (Å²) in [6, 6.07) is 13.2. The molecule has 2 aromatic carbocycles. The van der Waals surface area contributed by atoms with E-state index in [1.54, 1.807) is 35.7 Å². The number of benzene rings is 2. The molecule has 6 rings (SSSR count). The molecular weight excluding hydrogens is 462 g/mol. The Hall–Kier alpha value is -4.60. The number of rotatable bonds is 6. The van der Waals surface area contributed by atoms with E-state index >= 15 is 0 Å². The summed E-state index contributed by atoms with van der Waals surface area (Å²) in [7, 11) is 3.21. The van der Waals surface area contributed by atoms with E-state index < -0.39 is 0 Å². The second-order valence-corrected chi connectivity index (χ2v) is 8.32. The summed E-state index contributed by atoms with van der Waals surface area (Å²) in [4.78, 5) is 22.2. The zero-order valence-electron chi connectivity index (χ0n) is 19.8. The van der Waals surface area contributed by atoms with E-state index in [1.165, 1.54) is 0 Å². The van der Waals surface area contributed by atoms with Crippen LogP contribution in [0.15, 0.2) is 59.7 Å². The van der Waals surface area contributed by atoms with Crippen LogP contribution in [0, 0.1) is 0 Å². The maximum Gasteiger partial charge on any atom is 0.261 e. The Morgan fingerprint density at radius 2 is 1.81 bits per heavy atom. The van der Waals surface area contributed by atoms with Crippen molar-refractivity contribution in [2.75, 3.05) is 27.4 Å². The average Bonchev–Trinajstić information content (AvgIpc) is 3.37. The van der Waals surface area contributed by atoms with E-state index in [0.717, 1.165) is 11.1 Å². The maximum atomic E-state index is 13.2. The maximum absolute atomic E-state index is 13.2. The molecule has 10 heteroatoms. The standard InChI is InChI=1S/C26H23N5O5/c1-33-20-5-3-16(13-22(20)34-2)7-9-30-10-8-19-18(25(30)32)15-27-26-28-24(29-31(19)26)17-4-6-21-23(14-17)36-12-11-35-21/h3-6,8,10,13-15H,7,9,11-12H2,1-2H3. The number of ether oxygens (including phenoxy) is 4. The van der Waals surface area contributed by atoms with Crippen LogP contribution in [0.4, 0.5) is 0 Å². The van der Waals surface area contributed by atoms with Gasteiger partial charge in [-0.25, -0.2) is 4.98 Å². The molecule has 0 unspecified atom stereocenters.